The molecule has 0 unspecified atom stereocenters. The molecule has 9 heteroatoms. The maximum atomic E-state index is 12.5. The number of aromatic nitrogens is 1. The summed E-state index contributed by atoms with van der Waals surface area (Å²) in [5, 5.41) is 6.56. The first kappa shape index (κ1) is 20.7. The van der Waals surface area contributed by atoms with Gasteiger partial charge in [-0.15, -0.1) is 0 Å². The number of nitrogens with zero attached hydrogens (tertiary/aromatic N) is 2. The van der Waals surface area contributed by atoms with Crippen LogP contribution in [0.15, 0.2) is 64.0 Å². The zero-order valence-corrected chi connectivity index (χ0v) is 17.1. The lowest BCUT2D eigenvalue weighted by molar-refractivity contribution is -0.0258. The lowest BCUT2D eigenvalue weighted by Gasteiger charge is -2.14. The van der Waals surface area contributed by atoms with Gasteiger partial charge in [0, 0.05) is 24.2 Å². The average Bonchev–Trinajstić information content (AvgIpc) is 3.21. The largest absolute Gasteiger partial charge is 0.338 e. The van der Waals surface area contributed by atoms with Gasteiger partial charge in [-0.25, -0.2) is 8.42 Å². The quantitative estimate of drug-likeness (QED) is 0.594. The van der Waals surface area contributed by atoms with Crippen molar-refractivity contribution in [3.05, 3.63) is 65.7 Å². The van der Waals surface area contributed by atoms with Gasteiger partial charge in [0.1, 0.15) is 5.69 Å². The monoisotopic (exact) mass is 415 g/mol. The van der Waals surface area contributed by atoms with Gasteiger partial charge in [-0.3, -0.25) is 14.9 Å². The number of aryl methyl sites for hydroxylation is 1. The zero-order valence-electron chi connectivity index (χ0n) is 16.2. The Bertz CT molecular complexity index is 1110. The molecule has 0 aliphatic heterocycles. The van der Waals surface area contributed by atoms with Crippen molar-refractivity contribution in [2.45, 2.75) is 18.2 Å². The lowest BCUT2D eigenvalue weighted by atomic mass is 10.1. The third-order valence-electron chi connectivity index (χ3n) is 4.39. The molecule has 29 heavy (non-hydrogen) atoms. The molecule has 1 N–H and O–H groups in total. The van der Waals surface area contributed by atoms with Crippen molar-refractivity contribution in [1.29, 1.82) is 0 Å². The van der Waals surface area contributed by atoms with E-state index < -0.39 is 15.9 Å². The smallest absolute Gasteiger partial charge is 0.264 e. The number of hydroxylamine groups is 1. The Morgan fingerprint density at radius 3 is 2.55 bits per heavy atom. The predicted molar refractivity (Wildman–Crippen MR) is 108 cm³/mol. The van der Waals surface area contributed by atoms with Crippen LogP contribution >= 0.6 is 0 Å². The Labute approximate surface area is 169 Å². The summed E-state index contributed by atoms with van der Waals surface area (Å²) >= 11 is 0. The van der Waals surface area contributed by atoms with E-state index in [2.05, 4.69) is 17.4 Å². The molecule has 1 heterocycles. The summed E-state index contributed by atoms with van der Waals surface area (Å²) in [7, 11) is -1.35. The van der Waals surface area contributed by atoms with Crippen LogP contribution in [0.25, 0.3) is 11.3 Å². The van der Waals surface area contributed by atoms with Crippen molar-refractivity contribution in [3.63, 3.8) is 0 Å². The molecule has 0 fully saturated rings. The molecule has 0 saturated heterocycles. The second kappa shape index (κ2) is 8.56. The van der Waals surface area contributed by atoms with Crippen molar-refractivity contribution in [2.24, 2.45) is 0 Å². The summed E-state index contributed by atoms with van der Waals surface area (Å²) in [6, 6.07) is 15.1. The molecule has 0 aliphatic rings. The summed E-state index contributed by atoms with van der Waals surface area (Å²) in [6.45, 7) is 2.08. The molecule has 1 amide bonds. The van der Waals surface area contributed by atoms with Crippen molar-refractivity contribution < 1.29 is 22.6 Å². The second-order valence-corrected chi connectivity index (χ2v) is 8.14. The topological polar surface area (TPSA) is 102 Å². The van der Waals surface area contributed by atoms with Gasteiger partial charge < -0.3 is 4.52 Å². The fraction of sp³-hybridized carbons (Fsp3) is 0.200. The van der Waals surface area contributed by atoms with Crippen LogP contribution in [0.5, 0.6) is 0 Å². The van der Waals surface area contributed by atoms with Crippen LogP contribution in [0.3, 0.4) is 0 Å². The van der Waals surface area contributed by atoms with E-state index in [9.17, 15) is 13.2 Å². The molecule has 3 rings (SSSR count). The summed E-state index contributed by atoms with van der Waals surface area (Å²) < 4.78 is 30.6. The molecule has 8 nitrogen and oxygen atoms in total. The van der Waals surface area contributed by atoms with E-state index in [4.69, 9.17) is 9.36 Å². The predicted octanol–water partition coefficient (Wildman–Crippen LogP) is 3.34. The first-order valence-corrected chi connectivity index (χ1v) is 10.3. The van der Waals surface area contributed by atoms with Crippen LogP contribution in [0.1, 0.15) is 22.8 Å². The van der Waals surface area contributed by atoms with Crippen LogP contribution < -0.4 is 5.32 Å². The maximum Gasteiger partial charge on any atom is 0.264 e. The number of nitrogens with one attached hydrogen (secondary N) is 1. The molecule has 0 aliphatic carbocycles. The Morgan fingerprint density at radius 2 is 1.90 bits per heavy atom. The summed E-state index contributed by atoms with van der Waals surface area (Å²) in [4.78, 5) is 17.2. The minimum Gasteiger partial charge on any atom is -0.338 e. The Balaban J connectivity index is 1.77. The number of rotatable bonds is 7. The number of hydrogen-bond acceptors (Lipinski definition) is 6. The first-order valence-electron chi connectivity index (χ1n) is 8.85. The number of anilines is 1. The standard InChI is InChI=1S/C20H21N3O5S/c1-4-14-8-10-15(11-9-14)18-13-19(28-22-18)21-20(24)16-6-5-7-17(12-16)29(25,26)23(2)27-3/h5-13H,4H2,1-3H3,(H,21,24). The van der Waals surface area contributed by atoms with Crippen molar-refractivity contribution in [1.82, 2.24) is 9.63 Å². The summed E-state index contributed by atoms with van der Waals surface area (Å²) in [5.41, 5.74) is 2.81. The normalized spacial score (nSPS) is 11.6. The number of carbonyl (C=O) groups is 1. The fourth-order valence-electron chi connectivity index (χ4n) is 2.61. The van der Waals surface area contributed by atoms with Crippen LogP contribution in [-0.4, -0.2) is 38.1 Å². The van der Waals surface area contributed by atoms with Gasteiger partial charge in [-0.2, -0.15) is 0 Å². The Kier molecular flexibility index (Phi) is 6.12. The van der Waals surface area contributed by atoms with E-state index in [0.717, 1.165) is 16.5 Å². The van der Waals surface area contributed by atoms with Gasteiger partial charge in [0.2, 0.25) is 5.88 Å². The third-order valence-corrected chi connectivity index (χ3v) is 6.07. The number of hydrogen-bond donors (Lipinski definition) is 1. The van der Waals surface area contributed by atoms with E-state index in [0.29, 0.717) is 5.69 Å². The number of sulfonamides is 1. The molecular weight excluding hydrogens is 394 g/mol. The molecule has 0 radical (unpaired) electrons. The highest BCUT2D eigenvalue weighted by atomic mass is 32.2. The summed E-state index contributed by atoms with van der Waals surface area (Å²) in [6.07, 6.45) is 0.940. The zero-order chi connectivity index (χ0) is 21.0. The van der Waals surface area contributed by atoms with Crippen LogP contribution in [0.2, 0.25) is 0 Å². The van der Waals surface area contributed by atoms with Gasteiger partial charge in [0.05, 0.1) is 12.0 Å². The maximum absolute atomic E-state index is 12.5. The third kappa shape index (κ3) is 4.53. The molecule has 152 valence electrons. The molecule has 0 bridgehead atoms. The van der Waals surface area contributed by atoms with E-state index in [1.807, 2.05) is 24.3 Å². The Morgan fingerprint density at radius 1 is 1.17 bits per heavy atom. The van der Waals surface area contributed by atoms with E-state index in [1.165, 1.54) is 44.0 Å². The van der Waals surface area contributed by atoms with Gasteiger partial charge in [-0.05, 0) is 30.2 Å². The van der Waals surface area contributed by atoms with E-state index in [-0.39, 0.29) is 16.3 Å². The highest BCUT2D eigenvalue weighted by Gasteiger charge is 2.22. The van der Waals surface area contributed by atoms with E-state index >= 15 is 0 Å². The molecule has 0 spiro atoms. The van der Waals surface area contributed by atoms with Gasteiger partial charge in [-0.1, -0.05) is 46.9 Å². The number of carbonyl (C=O) groups excluding carboxylic acids is 1. The molecule has 0 atom stereocenters. The lowest BCUT2D eigenvalue weighted by Crippen LogP contribution is -2.26. The van der Waals surface area contributed by atoms with Crippen LogP contribution in [0.4, 0.5) is 5.88 Å². The molecule has 2 aromatic carbocycles. The highest BCUT2D eigenvalue weighted by Crippen LogP contribution is 2.23. The molecule has 1 aromatic heterocycles. The SMILES string of the molecule is CCc1ccc(-c2cc(NC(=O)c3cccc(S(=O)(=O)N(C)OC)c3)on2)cc1. The minimum atomic E-state index is -3.86. The number of benzene rings is 2. The highest BCUT2D eigenvalue weighted by molar-refractivity contribution is 7.89. The molecule has 0 saturated carbocycles. The minimum absolute atomic E-state index is 0.0660. The number of amides is 1. The van der Waals surface area contributed by atoms with Gasteiger partial charge >= 0.3 is 0 Å². The van der Waals surface area contributed by atoms with E-state index in [1.54, 1.807) is 6.07 Å². The second-order valence-electron chi connectivity index (χ2n) is 6.21. The molecule has 3 aromatic rings. The fourth-order valence-corrected chi connectivity index (χ4v) is 3.63. The van der Waals surface area contributed by atoms with Crippen molar-refractivity contribution in [2.75, 3.05) is 19.5 Å². The summed E-state index contributed by atoms with van der Waals surface area (Å²) in [5.74, 6) is -0.363. The van der Waals surface area contributed by atoms with Gasteiger partial charge in [0.15, 0.2) is 0 Å². The van der Waals surface area contributed by atoms with Crippen molar-refractivity contribution in [3.8, 4) is 11.3 Å². The van der Waals surface area contributed by atoms with Crippen LogP contribution in [-0.2, 0) is 21.3 Å². The molecular formula is C20H21N3O5S. The average molecular weight is 415 g/mol. The van der Waals surface area contributed by atoms with Gasteiger partial charge in [0.25, 0.3) is 15.9 Å². The van der Waals surface area contributed by atoms with Crippen molar-refractivity contribution >= 4 is 21.8 Å². The first-order chi connectivity index (χ1) is 13.8. The Hall–Kier alpha value is -3.01. The van der Waals surface area contributed by atoms with Crippen LogP contribution in [0, 0.1) is 0 Å².